The van der Waals surface area contributed by atoms with Crippen molar-refractivity contribution in [1.82, 2.24) is 0 Å². The first kappa shape index (κ1) is 16.3. The summed E-state index contributed by atoms with van der Waals surface area (Å²) in [7, 11) is 1.66. The first-order chi connectivity index (χ1) is 9.51. The lowest BCUT2D eigenvalue weighted by Crippen LogP contribution is -2.30. The fourth-order valence-corrected chi connectivity index (χ4v) is 2.38. The van der Waals surface area contributed by atoms with Gasteiger partial charge in [0.25, 0.3) is 0 Å². The molecular weight excluding hydrogens is 250 g/mol. The van der Waals surface area contributed by atoms with Crippen LogP contribution in [-0.4, -0.2) is 20.2 Å². The number of methoxy groups -OCH3 is 1. The highest BCUT2D eigenvalue weighted by Gasteiger charge is 2.18. The van der Waals surface area contributed by atoms with Gasteiger partial charge in [0.1, 0.15) is 5.75 Å². The van der Waals surface area contributed by atoms with Gasteiger partial charge in [-0.25, -0.2) is 0 Å². The van der Waals surface area contributed by atoms with Crippen molar-refractivity contribution in [2.45, 2.75) is 33.2 Å². The number of nitrogens with zero attached hydrogens (tertiary/aromatic N) is 2. The molecule has 0 saturated heterocycles. The molecule has 1 atom stereocenters. The van der Waals surface area contributed by atoms with Crippen LogP contribution in [0, 0.1) is 17.2 Å². The van der Waals surface area contributed by atoms with Crippen LogP contribution in [0.5, 0.6) is 5.75 Å². The number of hydrogen-bond acceptors (Lipinski definition) is 4. The van der Waals surface area contributed by atoms with Crippen LogP contribution in [0.25, 0.3) is 0 Å². The van der Waals surface area contributed by atoms with Gasteiger partial charge < -0.3 is 15.4 Å². The maximum Gasteiger partial charge on any atom is 0.125 e. The van der Waals surface area contributed by atoms with Gasteiger partial charge in [-0.2, -0.15) is 5.26 Å². The van der Waals surface area contributed by atoms with Gasteiger partial charge in [-0.3, -0.25) is 0 Å². The second kappa shape index (κ2) is 7.76. The molecule has 0 unspecified atom stereocenters. The fraction of sp³-hybridized carbons (Fsp3) is 0.562. The lowest BCUT2D eigenvalue weighted by atomic mass is 10.0. The van der Waals surface area contributed by atoms with E-state index in [1.165, 1.54) is 0 Å². The molecule has 0 radical (unpaired) electrons. The quantitative estimate of drug-likeness (QED) is 0.830. The Morgan fingerprint density at radius 2 is 2.05 bits per heavy atom. The second-order valence-corrected chi connectivity index (χ2v) is 5.43. The number of rotatable bonds is 7. The Labute approximate surface area is 122 Å². The molecule has 0 saturated carbocycles. The van der Waals surface area contributed by atoms with Gasteiger partial charge in [0.05, 0.1) is 19.6 Å². The maximum atomic E-state index is 8.85. The Kier molecular flexibility index (Phi) is 6.33. The summed E-state index contributed by atoms with van der Waals surface area (Å²) in [5, 5.41) is 8.85. The minimum Gasteiger partial charge on any atom is -0.496 e. The Hall–Kier alpha value is -1.73. The van der Waals surface area contributed by atoms with E-state index in [1.807, 2.05) is 19.1 Å². The van der Waals surface area contributed by atoms with E-state index in [4.69, 9.17) is 15.7 Å². The van der Waals surface area contributed by atoms with Crippen LogP contribution in [0.1, 0.15) is 38.8 Å². The summed E-state index contributed by atoms with van der Waals surface area (Å²) in [6.45, 7) is 7.91. The van der Waals surface area contributed by atoms with E-state index in [-0.39, 0.29) is 6.04 Å². The molecule has 0 fully saturated rings. The molecule has 0 aromatic heterocycles. The van der Waals surface area contributed by atoms with Crippen LogP contribution in [0.3, 0.4) is 0 Å². The number of ether oxygens (including phenoxy) is 1. The third-order valence-corrected chi connectivity index (χ3v) is 3.14. The molecule has 0 aliphatic rings. The topological polar surface area (TPSA) is 62.3 Å². The van der Waals surface area contributed by atoms with Crippen molar-refractivity contribution in [1.29, 1.82) is 5.26 Å². The molecule has 4 heteroatoms. The van der Waals surface area contributed by atoms with Crippen molar-refractivity contribution in [3.63, 3.8) is 0 Å². The molecule has 0 heterocycles. The Morgan fingerprint density at radius 1 is 1.35 bits per heavy atom. The van der Waals surface area contributed by atoms with Crippen LogP contribution < -0.4 is 15.4 Å². The number of nitriles is 1. The van der Waals surface area contributed by atoms with E-state index in [9.17, 15) is 0 Å². The van der Waals surface area contributed by atoms with Gasteiger partial charge in [-0.1, -0.05) is 19.9 Å². The average molecular weight is 275 g/mol. The molecular formula is C16H25N3O. The summed E-state index contributed by atoms with van der Waals surface area (Å²) >= 11 is 0. The summed E-state index contributed by atoms with van der Waals surface area (Å²) in [5.41, 5.74) is 8.20. The van der Waals surface area contributed by atoms with Crippen LogP contribution >= 0.6 is 0 Å². The SMILES string of the molecule is COc1cccc(N(CCC#N)CC(C)C)c1[C@H](C)N. The predicted molar refractivity (Wildman–Crippen MR) is 82.9 cm³/mol. The van der Waals surface area contributed by atoms with Gasteiger partial charge in [-0.15, -0.1) is 0 Å². The van der Waals surface area contributed by atoms with E-state index >= 15 is 0 Å². The minimum absolute atomic E-state index is 0.113. The summed E-state index contributed by atoms with van der Waals surface area (Å²) in [5.74, 6) is 1.32. The number of anilines is 1. The Bertz CT molecular complexity index is 463. The highest BCUT2D eigenvalue weighted by molar-refractivity contribution is 5.60. The lowest BCUT2D eigenvalue weighted by Gasteiger charge is -2.30. The molecule has 1 aromatic rings. The van der Waals surface area contributed by atoms with Crippen molar-refractivity contribution in [2.24, 2.45) is 11.7 Å². The zero-order valence-corrected chi connectivity index (χ0v) is 12.9. The Balaban J connectivity index is 3.20. The van der Waals surface area contributed by atoms with Gasteiger partial charge in [0, 0.05) is 30.4 Å². The van der Waals surface area contributed by atoms with E-state index < -0.39 is 0 Å². The van der Waals surface area contributed by atoms with E-state index in [0.717, 1.165) is 23.5 Å². The lowest BCUT2D eigenvalue weighted by molar-refractivity contribution is 0.406. The van der Waals surface area contributed by atoms with Crippen molar-refractivity contribution in [2.75, 3.05) is 25.1 Å². The van der Waals surface area contributed by atoms with Crippen LogP contribution in [0.4, 0.5) is 5.69 Å². The maximum absolute atomic E-state index is 8.85. The van der Waals surface area contributed by atoms with E-state index in [0.29, 0.717) is 18.9 Å². The predicted octanol–water partition coefficient (Wildman–Crippen LogP) is 3.09. The second-order valence-electron chi connectivity index (χ2n) is 5.43. The smallest absolute Gasteiger partial charge is 0.125 e. The molecule has 20 heavy (non-hydrogen) atoms. The van der Waals surface area contributed by atoms with Crippen molar-refractivity contribution in [3.05, 3.63) is 23.8 Å². The van der Waals surface area contributed by atoms with Gasteiger partial charge in [0.2, 0.25) is 0 Å². The van der Waals surface area contributed by atoms with Crippen molar-refractivity contribution in [3.8, 4) is 11.8 Å². The standard InChI is InChI=1S/C16H25N3O/c1-12(2)11-19(10-6-9-17)14-7-5-8-15(20-4)16(14)13(3)18/h5,7-8,12-13H,6,10-11,18H2,1-4H3/t13-/m0/s1. The van der Waals surface area contributed by atoms with Gasteiger partial charge in [-0.05, 0) is 25.0 Å². The molecule has 110 valence electrons. The van der Waals surface area contributed by atoms with E-state index in [1.54, 1.807) is 7.11 Å². The first-order valence-electron chi connectivity index (χ1n) is 7.05. The van der Waals surface area contributed by atoms with Gasteiger partial charge >= 0.3 is 0 Å². The number of nitrogens with two attached hydrogens (primary N) is 1. The summed E-state index contributed by atoms with van der Waals surface area (Å²) < 4.78 is 5.44. The molecule has 0 bridgehead atoms. The summed E-state index contributed by atoms with van der Waals surface area (Å²) in [4.78, 5) is 2.23. The average Bonchev–Trinajstić information content (AvgIpc) is 2.41. The molecule has 0 spiro atoms. The first-order valence-corrected chi connectivity index (χ1v) is 7.05. The van der Waals surface area contributed by atoms with Crippen LogP contribution in [0.2, 0.25) is 0 Å². The molecule has 0 aliphatic carbocycles. The highest BCUT2D eigenvalue weighted by Crippen LogP contribution is 2.34. The third kappa shape index (κ3) is 4.14. The molecule has 4 nitrogen and oxygen atoms in total. The molecule has 1 aromatic carbocycles. The van der Waals surface area contributed by atoms with Crippen LogP contribution in [-0.2, 0) is 0 Å². The number of benzene rings is 1. The van der Waals surface area contributed by atoms with Crippen molar-refractivity contribution < 1.29 is 4.74 Å². The molecule has 0 aliphatic heterocycles. The zero-order valence-electron chi connectivity index (χ0n) is 12.9. The largest absolute Gasteiger partial charge is 0.496 e. The highest BCUT2D eigenvalue weighted by atomic mass is 16.5. The van der Waals surface area contributed by atoms with Crippen LogP contribution in [0.15, 0.2) is 18.2 Å². The van der Waals surface area contributed by atoms with Gasteiger partial charge in [0.15, 0.2) is 0 Å². The monoisotopic (exact) mass is 275 g/mol. The normalized spacial score (nSPS) is 12.1. The fourth-order valence-electron chi connectivity index (χ4n) is 2.38. The third-order valence-electron chi connectivity index (χ3n) is 3.14. The zero-order chi connectivity index (χ0) is 15.1. The molecule has 1 rings (SSSR count). The van der Waals surface area contributed by atoms with Crippen molar-refractivity contribution >= 4 is 5.69 Å². The molecule has 0 amide bonds. The minimum atomic E-state index is -0.113. The number of hydrogen-bond donors (Lipinski definition) is 1. The molecule has 2 N–H and O–H groups in total. The Morgan fingerprint density at radius 3 is 2.55 bits per heavy atom. The van der Waals surface area contributed by atoms with E-state index in [2.05, 4.69) is 30.9 Å². The summed E-state index contributed by atoms with van der Waals surface area (Å²) in [6.07, 6.45) is 0.502. The summed E-state index contributed by atoms with van der Waals surface area (Å²) in [6, 6.07) is 8.06.